The SMILES string of the molecule is COC(=O)c1cc(C(NC[C@H](C)n2ccnn2)c2nnnn2Cc2ccccc2)n(C)n1.O=C(O)C(F)(F)F. The summed E-state index contributed by atoms with van der Waals surface area (Å²) < 4.78 is 41.7. The van der Waals surface area contributed by atoms with Crippen LogP contribution in [0.4, 0.5) is 13.2 Å². The maximum absolute atomic E-state index is 12.0. The van der Waals surface area contributed by atoms with Crippen molar-refractivity contribution in [3.63, 3.8) is 0 Å². The van der Waals surface area contributed by atoms with Gasteiger partial charge in [0.1, 0.15) is 6.04 Å². The first-order chi connectivity index (χ1) is 18.5. The molecule has 17 heteroatoms. The van der Waals surface area contributed by atoms with E-state index >= 15 is 0 Å². The quantitative estimate of drug-likeness (QED) is 0.289. The van der Waals surface area contributed by atoms with Crippen molar-refractivity contribution in [3.05, 3.63) is 71.6 Å². The maximum atomic E-state index is 12.0. The number of halogens is 3. The number of rotatable bonds is 9. The molecule has 4 aromatic rings. The minimum absolute atomic E-state index is 0.0201. The Hall–Kier alpha value is -4.67. The minimum Gasteiger partial charge on any atom is -0.475 e. The molecule has 0 saturated heterocycles. The second-order valence-corrected chi connectivity index (χ2v) is 8.13. The van der Waals surface area contributed by atoms with Crippen molar-refractivity contribution >= 4 is 11.9 Å². The summed E-state index contributed by atoms with van der Waals surface area (Å²) in [5.74, 6) is -2.67. The summed E-state index contributed by atoms with van der Waals surface area (Å²) in [6, 6.07) is 11.2. The summed E-state index contributed by atoms with van der Waals surface area (Å²) in [4.78, 5) is 20.9. The zero-order chi connectivity index (χ0) is 28.6. The van der Waals surface area contributed by atoms with Gasteiger partial charge in [-0.25, -0.2) is 19.0 Å². The van der Waals surface area contributed by atoms with E-state index in [0.717, 1.165) is 11.3 Å². The Morgan fingerprint density at radius 1 is 1.18 bits per heavy atom. The molecule has 3 aromatic heterocycles. The van der Waals surface area contributed by atoms with Crippen LogP contribution >= 0.6 is 0 Å². The van der Waals surface area contributed by atoms with Crippen molar-refractivity contribution < 1.29 is 32.6 Å². The van der Waals surface area contributed by atoms with Gasteiger partial charge in [-0.05, 0) is 29.0 Å². The van der Waals surface area contributed by atoms with Crippen molar-refractivity contribution in [2.45, 2.75) is 31.7 Å². The molecule has 0 fully saturated rings. The second kappa shape index (κ2) is 12.7. The summed E-state index contributed by atoms with van der Waals surface area (Å²) in [6.07, 6.45) is -1.64. The van der Waals surface area contributed by atoms with Crippen LogP contribution in [0.1, 0.15) is 46.6 Å². The summed E-state index contributed by atoms with van der Waals surface area (Å²) in [5, 5.41) is 35.2. The first-order valence-electron chi connectivity index (χ1n) is 11.3. The fourth-order valence-corrected chi connectivity index (χ4v) is 3.41. The number of carboxylic acids is 1. The van der Waals surface area contributed by atoms with Gasteiger partial charge in [0.05, 0.1) is 31.6 Å². The van der Waals surface area contributed by atoms with E-state index in [-0.39, 0.29) is 11.7 Å². The molecule has 2 N–H and O–H groups in total. The van der Waals surface area contributed by atoms with Gasteiger partial charge in [0.2, 0.25) is 0 Å². The first kappa shape index (κ1) is 28.9. The number of carboxylic acid groups (broad SMARTS) is 1. The Balaban J connectivity index is 0.000000532. The molecule has 0 aliphatic rings. The van der Waals surface area contributed by atoms with Crippen molar-refractivity contribution in [1.82, 2.24) is 50.3 Å². The third kappa shape index (κ3) is 7.67. The Kier molecular flexibility index (Phi) is 9.43. The van der Waals surface area contributed by atoms with Gasteiger partial charge in [-0.15, -0.1) is 10.2 Å². The summed E-state index contributed by atoms with van der Waals surface area (Å²) in [5.41, 5.74) is 2.00. The van der Waals surface area contributed by atoms with Gasteiger partial charge in [-0.1, -0.05) is 35.5 Å². The number of ether oxygens (including phenoxy) is 1. The van der Waals surface area contributed by atoms with Crippen LogP contribution in [0.25, 0.3) is 0 Å². The lowest BCUT2D eigenvalue weighted by atomic mass is 10.1. The number of tetrazole rings is 1. The number of carbonyl (C=O) groups is 2. The normalized spacial score (nSPS) is 12.8. The highest BCUT2D eigenvalue weighted by atomic mass is 19.4. The smallest absolute Gasteiger partial charge is 0.475 e. The lowest BCUT2D eigenvalue weighted by molar-refractivity contribution is -0.192. The molecule has 0 aliphatic heterocycles. The predicted molar refractivity (Wildman–Crippen MR) is 126 cm³/mol. The zero-order valence-electron chi connectivity index (χ0n) is 21.0. The van der Waals surface area contributed by atoms with Gasteiger partial charge in [-0.3, -0.25) is 4.68 Å². The number of esters is 1. The lowest BCUT2D eigenvalue weighted by Gasteiger charge is -2.21. The first-order valence-corrected chi connectivity index (χ1v) is 11.3. The standard InChI is InChI=1S/C20H24N10O2.C2HF3O2/c1-14(29-10-9-22-26-29)12-21-18(17-11-16(20(31)32-3)24-28(17)2)19-23-25-27-30(19)13-15-7-5-4-6-8-15;3-2(4,5)1(6)7/h4-11,14,18,21H,12-13H2,1-3H3;(H,6,7)/t14-,18?;/m0./s1. The van der Waals surface area contributed by atoms with Crippen molar-refractivity contribution in [3.8, 4) is 0 Å². The fourth-order valence-electron chi connectivity index (χ4n) is 3.41. The van der Waals surface area contributed by atoms with Crippen LogP contribution in [-0.2, 0) is 23.1 Å². The number of aromatic nitrogens is 9. The molecule has 0 radical (unpaired) electrons. The minimum atomic E-state index is -5.08. The second-order valence-electron chi connectivity index (χ2n) is 8.13. The zero-order valence-corrected chi connectivity index (χ0v) is 21.0. The number of carbonyl (C=O) groups excluding carboxylic acids is 1. The molecule has 2 atom stereocenters. The lowest BCUT2D eigenvalue weighted by Crippen LogP contribution is -2.32. The Morgan fingerprint density at radius 2 is 1.87 bits per heavy atom. The topological polar surface area (TPSA) is 168 Å². The third-order valence-electron chi connectivity index (χ3n) is 5.35. The average Bonchev–Trinajstić information content (AvgIpc) is 3.67. The molecule has 0 spiro atoms. The predicted octanol–water partition coefficient (Wildman–Crippen LogP) is 1.41. The molecule has 0 aliphatic carbocycles. The molecule has 14 nitrogen and oxygen atoms in total. The highest BCUT2D eigenvalue weighted by Crippen LogP contribution is 2.22. The monoisotopic (exact) mass is 550 g/mol. The van der Waals surface area contributed by atoms with Gasteiger partial charge < -0.3 is 15.2 Å². The van der Waals surface area contributed by atoms with Crippen LogP contribution in [0.15, 0.2) is 48.8 Å². The van der Waals surface area contributed by atoms with Crippen molar-refractivity contribution in [2.24, 2.45) is 7.05 Å². The van der Waals surface area contributed by atoms with Crippen LogP contribution in [0.2, 0.25) is 0 Å². The maximum Gasteiger partial charge on any atom is 0.490 e. The van der Waals surface area contributed by atoms with Crippen LogP contribution < -0.4 is 5.32 Å². The number of hydrogen-bond acceptors (Lipinski definition) is 10. The van der Waals surface area contributed by atoms with Crippen LogP contribution in [0.5, 0.6) is 0 Å². The Bertz CT molecular complexity index is 1360. The highest BCUT2D eigenvalue weighted by Gasteiger charge is 2.38. The molecule has 0 saturated carbocycles. The van der Waals surface area contributed by atoms with Crippen molar-refractivity contribution in [2.75, 3.05) is 13.7 Å². The molecule has 4 rings (SSSR count). The molecule has 1 aromatic carbocycles. The van der Waals surface area contributed by atoms with E-state index in [0.29, 0.717) is 18.9 Å². The van der Waals surface area contributed by atoms with E-state index < -0.39 is 24.2 Å². The van der Waals surface area contributed by atoms with E-state index in [1.807, 2.05) is 37.3 Å². The number of methoxy groups -OCH3 is 1. The molecule has 208 valence electrons. The molecule has 3 heterocycles. The van der Waals surface area contributed by atoms with E-state index in [1.165, 1.54) is 7.11 Å². The molecule has 39 heavy (non-hydrogen) atoms. The largest absolute Gasteiger partial charge is 0.490 e. The molecule has 1 unspecified atom stereocenters. The van der Waals surface area contributed by atoms with Gasteiger partial charge in [0, 0.05) is 19.8 Å². The van der Waals surface area contributed by atoms with Crippen LogP contribution in [0, 0.1) is 0 Å². The van der Waals surface area contributed by atoms with E-state index in [1.54, 1.807) is 39.6 Å². The number of alkyl halides is 3. The number of nitrogens with zero attached hydrogens (tertiary/aromatic N) is 9. The number of aryl methyl sites for hydroxylation is 1. The number of hydrogen-bond donors (Lipinski definition) is 2. The molecule has 0 amide bonds. The van der Waals surface area contributed by atoms with Gasteiger partial charge in [-0.2, -0.15) is 18.3 Å². The number of benzene rings is 1. The molecule has 0 bridgehead atoms. The molecular weight excluding hydrogens is 525 g/mol. The van der Waals surface area contributed by atoms with Gasteiger partial charge in [0.15, 0.2) is 11.5 Å². The fraction of sp³-hybridized carbons (Fsp3) is 0.364. The van der Waals surface area contributed by atoms with Crippen LogP contribution in [-0.4, -0.2) is 81.9 Å². The van der Waals surface area contributed by atoms with E-state index in [2.05, 4.69) is 36.3 Å². The number of aliphatic carboxylic acids is 1. The summed E-state index contributed by atoms with van der Waals surface area (Å²) >= 11 is 0. The average molecular weight is 551 g/mol. The van der Waals surface area contributed by atoms with E-state index in [9.17, 15) is 18.0 Å². The van der Waals surface area contributed by atoms with E-state index in [4.69, 9.17) is 14.6 Å². The van der Waals surface area contributed by atoms with Crippen LogP contribution in [0.3, 0.4) is 0 Å². The molecular formula is C22H25F3N10O4. The Labute approximate surface area is 219 Å². The summed E-state index contributed by atoms with van der Waals surface area (Å²) in [6.45, 7) is 3.07. The van der Waals surface area contributed by atoms with Gasteiger partial charge >= 0.3 is 18.1 Å². The van der Waals surface area contributed by atoms with Gasteiger partial charge in [0.25, 0.3) is 0 Å². The summed E-state index contributed by atoms with van der Waals surface area (Å²) in [7, 11) is 3.09. The third-order valence-corrected chi connectivity index (χ3v) is 5.35. The van der Waals surface area contributed by atoms with Crippen molar-refractivity contribution in [1.29, 1.82) is 0 Å². The number of nitrogens with one attached hydrogen (secondary N) is 1. The highest BCUT2D eigenvalue weighted by molar-refractivity contribution is 5.87. The Morgan fingerprint density at radius 3 is 2.46 bits per heavy atom.